The lowest BCUT2D eigenvalue weighted by molar-refractivity contribution is 0.408. The van der Waals surface area contributed by atoms with Crippen molar-refractivity contribution >= 4 is 8.03 Å². The molecule has 0 saturated carbocycles. The number of hydrogen-bond acceptors (Lipinski definition) is 2. The molecule has 4 heteroatoms. The molecule has 0 bridgehead atoms. The zero-order valence-electron chi connectivity index (χ0n) is 8.60. The van der Waals surface area contributed by atoms with Crippen LogP contribution in [0.2, 0.25) is 0 Å². The van der Waals surface area contributed by atoms with Crippen LogP contribution in [0.3, 0.4) is 0 Å². The van der Waals surface area contributed by atoms with Gasteiger partial charge in [0.25, 0.3) is 8.03 Å². The predicted molar refractivity (Wildman–Crippen MR) is 61.3 cm³/mol. The molecule has 0 fully saturated rings. The number of allylic oxidation sites excluding steroid dienone is 1. The summed E-state index contributed by atoms with van der Waals surface area (Å²) in [4.78, 5) is 8.84. The summed E-state index contributed by atoms with van der Waals surface area (Å²) in [6, 6.07) is 9.58. The monoisotopic (exact) mass is 226 g/mol. The summed E-state index contributed by atoms with van der Waals surface area (Å²) < 4.78 is 10.8. The van der Waals surface area contributed by atoms with Crippen LogP contribution in [-0.4, -0.2) is 10.00 Å². The van der Waals surface area contributed by atoms with E-state index in [1.807, 2.05) is 37.3 Å². The summed E-state index contributed by atoms with van der Waals surface area (Å²) in [5.74, 6) is 0. The Kier molecular flexibility index (Phi) is 4.60. The normalized spacial score (nSPS) is 14.5. The Bertz CT molecular complexity index is 371. The molecule has 1 aromatic carbocycles. The number of aliphatic hydroxyl groups is 1. The predicted octanol–water partition coefficient (Wildman–Crippen LogP) is 2.88. The first-order chi connectivity index (χ1) is 7.15. The van der Waals surface area contributed by atoms with Crippen LogP contribution in [0, 0.1) is 0 Å². The highest BCUT2D eigenvalue weighted by Gasteiger charge is 2.08. The molecule has 1 rings (SSSR count). The van der Waals surface area contributed by atoms with Gasteiger partial charge in [-0.3, -0.25) is 4.57 Å². The van der Waals surface area contributed by atoms with Gasteiger partial charge in [0.05, 0.1) is 0 Å². The second kappa shape index (κ2) is 5.74. The van der Waals surface area contributed by atoms with Crippen LogP contribution >= 0.6 is 8.03 Å². The molecule has 0 radical (unpaired) electrons. The van der Waals surface area contributed by atoms with E-state index in [-0.39, 0.29) is 5.50 Å². The van der Waals surface area contributed by atoms with Crippen molar-refractivity contribution in [1.29, 1.82) is 0 Å². The molecule has 3 nitrogen and oxygen atoms in total. The Balaban J connectivity index is 2.88. The smallest absolute Gasteiger partial charge is 0.251 e. The zero-order chi connectivity index (χ0) is 11.3. The van der Waals surface area contributed by atoms with Crippen LogP contribution in [0.1, 0.15) is 18.9 Å². The maximum absolute atomic E-state index is 10.8. The van der Waals surface area contributed by atoms with Crippen molar-refractivity contribution < 1.29 is 14.6 Å². The van der Waals surface area contributed by atoms with E-state index in [9.17, 15) is 9.67 Å². The van der Waals surface area contributed by atoms with Gasteiger partial charge in [-0.2, -0.15) is 0 Å². The van der Waals surface area contributed by atoms with Crippen molar-refractivity contribution in [2.45, 2.75) is 19.8 Å². The van der Waals surface area contributed by atoms with Crippen LogP contribution in [0.25, 0.3) is 0 Å². The van der Waals surface area contributed by atoms with Gasteiger partial charge in [-0.25, -0.2) is 0 Å². The van der Waals surface area contributed by atoms with Gasteiger partial charge in [0.15, 0.2) is 5.50 Å². The van der Waals surface area contributed by atoms with E-state index in [4.69, 9.17) is 4.89 Å². The van der Waals surface area contributed by atoms with E-state index < -0.39 is 8.03 Å². The van der Waals surface area contributed by atoms with E-state index in [0.717, 1.165) is 5.56 Å². The Morgan fingerprint density at radius 3 is 2.40 bits per heavy atom. The van der Waals surface area contributed by atoms with Gasteiger partial charge < -0.3 is 10.00 Å². The van der Waals surface area contributed by atoms with Crippen molar-refractivity contribution in [2.24, 2.45) is 0 Å². The minimum atomic E-state index is -2.96. The largest absolute Gasteiger partial charge is 0.503 e. The first-order valence-electron chi connectivity index (χ1n) is 4.83. The third-order valence-corrected chi connectivity index (χ3v) is 2.98. The molecule has 0 spiro atoms. The van der Waals surface area contributed by atoms with E-state index in [1.165, 1.54) is 0 Å². The summed E-state index contributed by atoms with van der Waals surface area (Å²) in [5.41, 5.74) is 1.32. The van der Waals surface area contributed by atoms with Gasteiger partial charge in [0.1, 0.15) is 0 Å². The molecule has 1 atom stereocenters. The zero-order valence-corrected chi connectivity index (χ0v) is 9.60. The van der Waals surface area contributed by atoms with Crippen molar-refractivity contribution in [3.05, 3.63) is 47.0 Å². The molecule has 1 unspecified atom stereocenters. The Labute approximate surface area is 89.9 Å². The maximum Gasteiger partial charge on any atom is 0.251 e. The fourth-order valence-electron chi connectivity index (χ4n) is 1.37. The van der Waals surface area contributed by atoms with E-state index in [0.29, 0.717) is 18.4 Å². The molecule has 82 valence electrons. The molecule has 0 aromatic heterocycles. The lowest BCUT2D eigenvalue weighted by Gasteiger charge is -2.06. The van der Waals surface area contributed by atoms with Crippen molar-refractivity contribution in [3.8, 4) is 0 Å². The lowest BCUT2D eigenvalue weighted by atomic mass is 10.0. The number of hydrogen-bond donors (Lipinski definition) is 2. The fraction of sp³-hybridized carbons (Fsp3) is 0.273. The van der Waals surface area contributed by atoms with Gasteiger partial charge in [-0.05, 0) is 24.0 Å². The third kappa shape index (κ3) is 3.54. The van der Waals surface area contributed by atoms with Gasteiger partial charge >= 0.3 is 0 Å². The van der Waals surface area contributed by atoms with Gasteiger partial charge in [-0.1, -0.05) is 37.3 Å². The average Bonchev–Trinajstić information content (AvgIpc) is 2.26. The van der Waals surface area contributed by atoms with Gasteiger partial charge in [0.2, 0.25) is 0 Å². The van der Waals surface area contributed by atoms with Crippen LogP contribution in [-0.2, 0) is 11.0 Å². The minimum absolute atomic E-state index is 0.341. The Hall–Kier alpha value is -1.05. The summed E-state index contributed by atoms with van der Waals surface area (Å²) in [7, 11) is -2.96. The molecule has 1 aromatic rings. The topological polar surface area (TPSA) is 57.5 Å². The molecular formula is C11H15O3P. The number of benzene rings is 1. The average molecular weight is 226 g/mol. The molecule has 0 aliphatic carbocycles. The van der Waals surface area contributed by atoms with Gasteiger partial charge in [-0.15, -0.1) is 0 Å². The number of aliphatic hydroxyl groups excluding tert-OH is 1. The summed E-state index contributed by atoms with van der Waals surface area (Å²) in [6.07, 6.45) is 1.11. The van der Waals surface area contributed by atoms with E-state index in [1.54, 1.807) is 0 Å². The van der Waals surface area contributed by atoms with Crippen molar-refractivity contribution in [3.63, 3.8) is 0 Å². The van der Waals surface area contributed by atoms with Crippen LogP contribution in [0.15, 0.2) is 41.4 Å². The molecule has 0 amide bonds. The second-order valence-electron chi connectivity index (χ2n) is 3.27. The van der Waals surface area contributed by atoms with E-state index in [2.05, 4.69) is 0 Å². The van der Waals surface area contributed by atoms with Crippen LogP contribution < -0.4 is 0 Å². The maximum atomic E-state index is 10.8. The van der Waals surface area contributed by atoms with Crippen LogP contribution in [0.5, 0.6) is 0 Å². The highest BCUT2D eigenvalue weighted by Crippen LogP contribution is 2.30. The molecule has 0 aliphatic rings. The highest BCUT2D eigenvalue weighted by molar-refractivity contribution is 7.42. The van der Waals surface area contributed by atoms with Gasteiger partial charge in [0, 0.05) is 0 Å². The Morgan fingerprint density at radius 1 is 1.33 bits per heavy atom. The molecule has 15 heavy (non-hydrogen) atoms. The molecule has 0 saturated heterocycles. The SMILES string of the molecule is CCC(Cc1ccccc1)=C(O)[PH](=O)O. The number of rotatable bonds is 4. The van der Waals surface area contributed by atoms with Crippen LogP contribution in [0.4, 0.5) is 0 Å². The minimum Gasteiger partial charge on any atom is -0.503 e. The molecule has 2 N–H and O–H groups in total. The third-order valence-electron chi connectivity index (χ3n) is 2.22. The Morgan fingerprint density at radius 2 is 1.93 bits per heavy atom. The second-order valence-corrected chi connectivity index (χ2v) is 4.36. The summed E-state index contributed by atoms with van der Waals surface area (Å²) in [6.45, 7) is 1.86. The first kappa shape index (κ1) is 12.0. The standard InChI is InChI=1S/C11H15O3P/c1-2-10(11(12)15(13)14)8-9-6-4-3-5-7-9/h3-7,12,15H,2,8H2,1H3,(H,13,14). The summed E-state index contributed by atoms with van der Waals surface area (Å²) in [5, 5.41) is 9.41. The van der Waals surface area contributed by atoms with E-state index >= 15 is 0 Å². The van der Waals surface area contributed by atoms with Crippen molar-refractivity contribution in [2.75, 3.05) is 0 Å². The lowest BCUT2D eigenvalue weighted by Crippen LogP contribution is -1.93. The quantitative estimate of drug-likeness (QED) is 0.613. The summed E-state index contributed by atoms with van der Waals surface area (Å²) >= 11 is 0. The molecular weight excluding hydrogens is 211 g/mol. The fourth-order valence-corrected chi connectivity index (χ4v) is 1.94. The highest BCUT2D eigenvalue weighted by atomic mass is 31.1. The first-order valence-corrected chi connectivity index (χ1v) is 6.19. The molecule has 0 heterocycles. The van der Waals surface area contributed by atoms with Crippen molar-refractivity contribution in [1.82, 2.24) is 0 Å². The molecule has 0 aliphatic heterocycles.